The van der Waals surface area contributed by atoms with Crippen molar-refractivity contribution in [3.63, 3.8) is 0 Å². The van der Waals surface area contributed by atoms with Gasteiger partial charge in [0.05, 0.1) is 4.92 Å². The number of phenols is 1. The van der Waals surface area contributed by atoms with Crippen LogP contribution in [0.15, 0.2) is 18.2 Å². The van der Waals surface area contributed by atoms with Gasteiger partial charge < -0.3 is 10.8 Å². The predicted molar refractivity (Wildman–Crippen MR) is 56.7 cm³/mol. The highest BCUT2D eigenvalue weighted by molar-refractivity contribution is 5.43. The minimum absolute atomic E-state index is 0.00697. The molecule has 0 fully saturated rings. The number of nitro groups is 1. The van der Waals surface area contributed by atoms with Crippen LogP contribution in [-0.4, -0.2) is 16.1 Å². The molecule has 0 aromatic heterocycles. The zero-order valence-electron chi connectivity index (χ0n) is 8.51. The molecular weight excluding hydrogens is 196 g/mol. The van der Waals surface area contributed by atoms with Gasteiger partial charge in [0, 0.05) is 23.7 Å². The highest BCUT2D eigenvalue weighted by Crippen LogP contribution is 2.24. The Labute approximate surface area is 87.7 Å². The predicted octanol–water partition coefficient (Wildman–Crippen LogP) is 1.58. The van der Waals surface area contributed by atoms with Crippen LogP contribution in [0.2, 0.25) is 0 Å². The fourth-order valence-electron chi connectivity index (χ4n) is 1.27. The van der Waals surface area contributed by atoms with Crippen molar-refractivity contribution in [3.8, 4) is 5.75 Å². The summed E-state index contributed by atoms with van der Waals surface area (Å²) in [5.41, 5.74) is 6.14. The number of aryl methyl sites for hydroxylation is 1. The van der Waals surface area contributed by atoms with Gasteiger partial charge >= 0.3 is 0 Å². The highest BCUT2D eigenvalue weighted by Gasteiger charge is 2.10. The second-order valence-corrected chi connectivity index (χ2v) is 3.59. The number of phenolic OH excluding ortho intramolecular Hbond substituents is 1. The third kappa shape index (κ3) is 3.21. The Morgan fingerprint density at radius 1 is 1.60 bits per heavy atom. The number of hydrogen-bond acceptors (Lipinski definition) is 4. The lowest BCUT2D eigenvalue weighted by molar-refractivity contribution is -0.384. The van der Waals surface area contributed by atoms with Crippen LogP contribution in [0, 0.1) is 10.1 Å². The van der Waals surface area contributed by atoms with Gasteiger partial charge in [-0.1, -0.05) is 0 Å². The summed E-state index contributed by atoms with van der Waals surface area (Å²) < 4.78 is 0. The molecule has 0 saturated carbocycles. The maximum atomic E-state index is 10.5. The van der Waals surface area contributed by atoms with Crippen LogP contribution in [-0.2, 0) is 6.42 Å². The van der Waals surface area contributed by atoms with Crippen LogP contribution < -0.4 is 5.73 Å². The first-order chi connectivity index (χ1) is 7.00. The molecule has 1 atom stereocenters. The molecule has 0 heterocycles. The molecule has 0 bridgehead atoms. The molecule has 0 saturated heterocycles. The molecule has 0 aliphatic heterocycles. The van der Waals surface area contributed by atoms with E-state index in [4.69, 9.17) is 5.73 Å². The van der Waals surface area contributed by atoms with E-state index in [1.165, 1.54) is 18.2 Å². The van der Waals surface area contributed by atoms with Gasteiger partial charge in [0.25, 0.3) is 5.69 Å². The van der Waals surface area contributed by atoms with Crippen LogP contribution in [0.1, 0.15) is 18.9 Å². The number of nitrogens with zero attached hydrogens (tertiary/aromatic N) is 1. The first-order valence-corrected chi connectivity index (χ1v) is 4.72. The zero-order valence-corrected chi connectivity index (χ0v) is 8.51. The maximum absolute atomic E-state index is 10.5. The average Bonchev–Trinajstić information content (AvgIpc) is 2.16. The molecule has 15 heavy (non-hydrogen) atoms. The van der Waals surface area contributed by atoms with E-state index in [1.54, 1.807) is 0 Å². The summed E-state index contributed by atoms with van der Waals surface area (Å²) in [5, 5.41) is 20.0. The van der Waals surface area contributed by atoms with Crippen molar-refractivity contribution in [2.75, 3.05) is 0 Å². The number of nitro benzene ring substituents is 1. The zero-order chi connectivity index (χ0) is 11.4. The van der Waals surface area contributed by atoms with Crippen molar-refractivity contribution in [1.29, 1.82) is 0 Å². The molecule has 3 N–H and O–H groups in total. The van der Waals surface area contributed by atoms with E-state index in [0.29, 0.717) is 18.4 Å². The SMILES string of the molecule is C[C@@H](N)CCc1cc([N+](=O)[O-])ccc1O. The Kier molecular flexibility index (Phi) is 3.62. The number of non-ortho nitro benzene ring substituents is 1. The molecule has 0 aliphatic carbocycles. The smallest absolute Gasteiger partial charge is 0.269 e. The van der Waals surface area contributed by atoms with Gasteiger partial charge in [0.2, 0.25) is 0 Å². The van der Waals surface area contributed by atoms with Gasteiger partial charge in [-0.3, -0.25) is 10.1 Å². The Balaban J connectivity index is 2.85. The Bertz CT molecular complexity index is 364. The van der Waals surface area contributed by atoms with E-state index in [2.05, 4.69) is 0 Å². The van der Waals surface area contributed by atoms with Gasteiger partial charge in [-0.15, -0.1) is 0 Å². The molecule has 1 aromatic rings. The fraction of sp³-hybridized carbons (Fsp3) is 0.400. The Morgan fingerprint density at radius 3 is 2.80 bits per heavy atom. The lowest BCUT2D eigenvalue weighted by Crippen LogP contribution is -2.15. The highest BCUT2D eigenvalue weighted by atomic mass is 16.6. The Hall–Kier alpha value is -1.62. The lowest BCUT2D eigenvalue weighted by Gasteiger charge is -2.06. The van der Waals surface area contributed by atoms with Crippen LogP contribution in [0.4, 0.5) is 5.69 Å². The minimum Gasteiger partial charge on any atom is -0.508 e. The van der Waals surface area contributed by atoms with E-state index in [0.717, 1.165) is 0 Å². The number of hydrogen-bond donors (Lipinski definition) is 2. The molecule has 0 unspecified atom stereocenters. The molecule has 82 valence electrons. The van der Waals surface area contributed by atoms with Crippen molar-refractivity contribution in [1.82, 2.24) is 0 Å². The first-order valence-electron chi connectivity index (χ1n) is 4.72. The molecule has 5 heteroatoms. The van der Waals surface area contributed by atoms with Gasteiger partial charge in [0.1, 0.15) is 5.75 Å². The number of aromatic hydroxyl groups is 1. The molecule has 1 aromatic carbocycles. The quantitative estimate of drug-likeness (QED) is 0.583. The van der Waals surface area contributed by atoms with E-state index in [-0.39, 0.29) is 17.5 Å². The normalized spacial score (nSPS) is 12.4. The van der Waals surface area contributed by atoms with Crippen LogP contribution in [0.5, 0.6) is 5.75 Å². The summed E-state index contributed by atoms with van der Waals surface area (Å²) in [6, 6.07) is 4.03. The van der Waals surface area contributed by atoms with Gasteiger partial charge in [-0.25, -0.2) is 0 Å². The van der Waals surface area contributed by atoms with Gasteiger partial charge in [-0.2, -0.15) is 0 Å². The van der Waals surface area contributed by atoms with E-state index < -0.39 is 4.92 Å². The molecule has 0 aliphatic rings. The van der Waals surface area contributed by atoms with Crippen molar-refractivity contribution in [3.05, 3.63) is 33.9 Å². The average molecular weight is 210 g/mol. The molecule has 0 radical (unpaired) electrons. The summed E-state index contributed by atoms with van der Waals surface area (Å²) in [6.45, 7) is 1.86. The summed E-state index contributed by atoms with van der Waals surface area (Å²) >= 11 is 0. The molecule has 1 rings (SSSR count). The number of nitrogens with two attached hydrogens (primary N) is 1. The second-order valence-electron chi connectivity index (χ2n) is 3.59. The minimum atomic E-state index is -0.477. The summed E-state index contributed by atoms with van der Waals surface area (Å²) in [5.74, 6) is 0.0845. The third-order valence-electron chi connectivity index (χ3n) is 2.14. The standard InChI is InChI=1S/C10H14N2O3/c1-7(11)2-3-8-6-9(12(14)15)4-5-10(8)13/h4-7,13H,2-3,11H2,1H3/t7-/m1/s1. The second kappa shape index (κ2) is 4.75. The monoisotopic (exact) mass is 210 g/mol. The Morgan fingerprint density at radius 2 is 2.27 bits per heavy atom. The van der Waals surface area contributed by atoms with Crippen molar-refractivity contribution in [2.24, 2.45) is 5.73 Å². The number of rotatable bonds is 4. The molecule has 5 nitrogen and oxygen atoms in total. The molecule has 0 amide bonds. The van der Waals surface area contributed by atoms with Crippen LogP contribution in [0.3, 0.4) is 0 Å². The number of benzene rings is 1. The molecular formula is C10H14N2O3. The van der Waals surface area contributed by atoms with Crippen molar-refractivity contribution in [2.45, 2.75) is 25.8 Å². The lowest BCUT2D eigenvalue weighted by atomic mass is 10.1. The first kappa shape index (κ1) is 11.5. The third-order valence-corrected chi connectivity index (χ3v) is 2.14. The van der Waals surface area contributed by atoms with E-state index in [1.807, 2.05) is 6.92 Å². The van der Waals surface area contributed by atoms with Crippen molar-refractivity contribution < 1.29 is 10.0 Å². The molecule has 0 spiro atoms. The van der Waals surface area contributed by atoms with Crippen LogP contribution >= 0.6 is 0 Å². The van der Waals surface area contributed by atoms with Crippen LogP contribution in [0.25, 0.3) is 0 Å². The summed E-state index contributed by atoms with van der Waals surface area (Å²) in [6.07, 6.45) is 1.24. The van der Waals surface area contributed by atoms with Crippen molar-refractivity contribution >= 4 is 5.69 Å². The van der Waals surface area contributed by atoms with E-state index in [9.17, 15) is 15.2 Å². The van der Waals surface area contributed by atoms with Gasteiger partial charge in [0.15, 0.2) is 0 Å². The fourth-order valence-corrected chi connectivity index (χ4v) is 1.27. The van der Waals surface area contributed by atoms with Gasteiger partial charge in [-0.05, 0) is 25.8 Å². The van der Waals surface area contributed by atoms with E-state index >= 15 is 0 Å². The summed E-state index contributed by atoms with van der Waals surface area (Å²) in [4.78, 5) is 10.0. The maximum Gasteiger partial charge on any atom is 0.269 e. The summed E-state index contributed by atoms with van der Waals surface area (Å²) in [7, 11) is 0. The largest absolute Gasteiger partial charge is 0.508 e. The topological polar surface area (TPSA) is 89.4 Å².